The van der Waals surface area contributed by atoms with Gasteiger partial charge in [0.1, 0.15) is 18.0 Å². The van der Waals surface area contributed by atoms with Crippen LogP contribution >= 0.6 is 0 Å². The van der Waals surface area contributed by atoms with Crippen molar-refractivity contribution in [2.24, 2.45) is 5.92 Å². The maximum atomic E-state index is 12.5. The van der Waals surface area contributed by atoms with Crippen molar-refractivity contribution in [2.45, 2.75) is 24.9 Å². The molecule has 1 aromatic heterocycles. The molecule has 2 aromatic carbocycles. The van der Waals surface area contributed by atoms with E-state index in [0.29, 0.717) is 40.5 Å². The van der Waals surface area contributed by atoms with E-state index < -0.39 is 0 Å². The van der Waals surface area contributed by atoms with Gasteiger partial charge in [-0.2, -0.15) is 0 Å². The van der Waals surface area contributed by atoms with Crippen molar-refractivity contribution in [3.05, 3.63) is 77.6 Å². The summed E-state index contributed by atoms with van der Waals surface area (Å²) < 4.78 is 0. The Balaban J connectivity index is 1.34. The van der Waals surface area contributed by atoms with Crippen LogP contribution in [0.2, 0.25) is 0 Å². The standard InChI is InChI=1S/C24H25N7O/c25-21(14-6-8-15(9-7-14)24(32)30-17-4-2-1-3-5-17)20-22(26)28-13-29-23(20)31-19-11-18-10-16(19)12-27-18/h1-9,13,16,18-19,25,27H,10-12H2,(H,30,32)(H3,26,28,29,31). The Morgan fingerprint density at radius 1 is 1.03 bits per heavy atom. The molecule has 1 aliphatic heterocycles. The topological polar surface area (TPSA) is 129 Å². The van der Waals surface area contributed by atoms with Crippen LogP contribution in [0.4, 0.5) is 17.3 Å². The van der Waals surface area contributed by atoms with Gasteiger partial charge in [0, 0.05) is 35.4 Å². The van der Waals surface area contributed by atoms with E-state index in [1.165, 1.54) is 6.33 Å². The molecule has 3 unspecified atom stereocenters. The number of hydrogen-bond acceptors (Lipinski definition) is 7. The number of carbonyl (C=O) groups is 1. The Morgan fingerprint density at radius 3 is 2.47 bits per heavy atom. The molecule has 2 fully saturated rings. The average Bonchev–Trinajstić information content (AvgIpc) is 3.43. The zero-order chi connectivity index (χ0) is 22.1. The number of carbonyl (C=O) groups excluding carboxylic acids is 1. The number of fused-ring (bicyclic) bond motifs is 2. The predicted molar refractivity (Wildman–Crippen MR) is 125 cm³/mol. The molecule has 2 heterocycles. The van der Waals surface area contributed by atoms with E-state index in [1.54, 1.807) is 24.3 Å². The van der Waals surface area contributed by atoms with Crippen LogP contribution in [0, 0.1) is 11.3 Å². The van der Waals surface area contributed by atoms with Crippen LogP contribution in [-0.4, -0.2) is 40.2 Å². The summed E-state index contributed by atoms with van der Waals surface area (Å²) >= 11 is 0. The lowest BCUT2D eigenvalue weighted by Crippen LogP contribution is -2.37. The van der Waals surface area contributed by atoms with Crippen molar-refractivity contribution in [3.8, 4) is 0 Å². The van der Waals surface area contributed by atoms with Gasteiger partial charge in [0.15, 0.2) is 0 Å². The Morgan fingerprint density at radius 2 is 1.78 bits per heavy atom. The first-order chi connectivity index (χ1) is 15.6. The molecule has 8 heteroatoms. The number of piperidine rings is 1. The minimum absolute atomic E-state index is 0.205. The maximum Gasteiger partial charge on any atom is 0.255 e. The third kappa shape index (κ3) is 3.92. The van der Waals surface area contributed by atoms with Crippen molar-refractivity contribution < 1.29 is 4.79 Å². The number of nitrogens with zero attached hydrogens (tertiary/aromatic N) is 2. The molecule has 1 aliphatic carbocycles. The van der Waals surface area contributed by atoms with Gasteiger partial charge in [-0.1, -0.05) is 30.3 Å². The quantitative estimate of drug-likeness (QED) is 0.385. The van der Waals surface area contributed by atoms with E-state index in [0.717, 1.165) is 25.1 Å². The molecular formula is C24H25N7O. The number of nitrogen functional groups attached to an aromatic ring is 1. The highest BCUT2D eigenvalue weighted by Gasteiger charge is 2.39. The van der Waals surface area contributed by atoms with Crippen LogP contribution in [0.15, 0.2) is 60.9 Å². The predicted octanol–water partition coefficient (Wildman–Crippen LogP) is 2.89. The highest BCUT2D eigenvalue weighted by molar-refractivity contribution is 6.16. The second-order valence-corrected chi connectivity index (χ2v) is 8.34. The molecule has 1 amide bonds. The van der Waals surface area contributed by atoms with E-state index in [1.807, 2.05) is 30.3 Å². The molecule has 0 radical (unpaired) electrons. The van der Waals surface area contributed by atoms with Gasteiger partial charge in [-0.25, -0.2) is 9.97 Å². The summed E-state index contributed by atoms with van der Waals surface area (Å²) in [7, 11) is 0. The first-order valence-electron chi connectivity index (χ1n) is 10.7. The summed E-state index contributed by atoms with van der Waals surface area (Å²) in [5.74, 6) is 1.20. The highest BCUT2D eigenvalue weighted by atomic mass is 16.1. The molecule has 3 aromatic rings. The number of aromatic nitrogens is 2. The molecular weight excluding hydrogens is 402 g/mol. The number of para-hydroxylation sites is 1. The van der Waals surface area contributed by atoms with Gasteiger partial charge in [0.25, 0.3) is 5.91 Å². The Bertz CT molecular complexity index is 1150. The fourth-order valence-corrected chi connectivity index (χ4v) is 4.60. The van der Waals surface area contributed by atoms with E-state index in [2.05, 4.69) is 25.9 Å². The number of rotatable bonds is 6. The van der Waals surface area contributed by atoms with E-state index in [9.17, 15) is 4.79 Å². The van der Waals surface area contributed by atoms with Gasteiger partial charge in [-0.3, -0.25) is 10.2 Å². The summed E-state index contributed by atoms with van der Waals surface area (Å²) in [6.45, 7) is 1.00. The molecule has 1 saturated carbocycles. The van der Waals surface area contributed by atoms with Crippen LogP contribution in [0.25, 0.3) is 0 Å². The summed E-state index contributed by atoms with van der Waals surface area (Å²) in [6.07, 6.45) is 3.63. The molecule has 32 heavy (non-hydrogen) atoms. The van der Waals surface area contributed by atoms with E-state index >= 15 is 0 Å². The molecule has 1 saturated heterocycles. The van der Waals surface area contributed by atoms with Crippen LogP contribution in [-0.2, 0) is 0 Å². The maximum absolute atomic E-state index is 12.5. The van der Waals surface area contributed by atoms with Gasteiger partial charge in [-0.05, 0) is 43.0 Å². The normalized spacial score (nSPS) is 21.3. The number of benzene rings is 2. The van der Waals surface area contributed by atoms with Crippen molar-refractivity contribution >= 4 is 28.9 Å². The molecule has 0 spiro atoms. The zero-order valence-electron chi connectivity index (χ0n) is 17.5. The first kappa shape index (κ1) is 20.1. The molecule has 162 valence electrons. The van der Waals surface area contributed by atoms with Gasteiger partial charge >= 0.3 is 0 Å². The molecule has 6 N–H and O–H groups in total. The number of nitrogens with two attached hydrogens (primary N) is 1. The fourth-order valence-electron chi connectivity index (χ4n) is 4.60. The first-order valence-corrected chi connectivity index (χ1v) is 10.7. The second-order valence-electron chi connectivity index (χ2n) is 8.34. The summed E-state index contributed by atoms with van der Waals surface area (Å²) in [4.78, 5) is 21.0. The third-order valence-electron chi connectivity index (χ3n) is 6.28. The van der Waals surface area contributed by atoms with Gasteiger partial charge < -0.3 is 21.7 Å². The number of hydrogen-bond donors (Lipinski definition) is 5. The summed E-state index contributed by atoms with van der Waals surface area (Å²) in [6, 6.07) is 17.1. The lowest BCUT2D eigenvalue weighted by molar-refractivity contribution is 0.102. The van der Waals surface area contributed by atoms with Crippen LogP contribution < -0.4 is 21.7 Å². The molecule has 3 atom stereocenters. The van der Waals surface area contributed by atoms with Crippen molar-refractivity contribution in [1.82, 2.24) is 15.3 Å². The van der Waals surface area contributed by atoms with Crippen LogP contribution in [0.1, 0.15) is 34.3 Å². The zero-order valence-corrected chi connectivity index (χ0v) is 17.5. The van der Waals surface area contributed by atoms with Crippen molar-refractivity contribution in [3.63, 3.8) is 0 Å². The number of amides is 1. The molecule has 8 nitrogen and oxygen atoms in total. The summed E-state index contributed by atoms with van der Waals surface area (Å²) in [5.41, 5.74) is 8.76. The Labute approximate surface area is 186 Å². The SMILES string of the molecule is N=C(c1ccc(C(=O)Nc2ccccc2)cc1)c1c(N)ncnc1NC1CC2CC1CN2. The monoisotopic (exact) mass is 427 g/mol. The van der Waals surface area contributed by atoms with Crippen molar-refractivity contribution in [1.29, 1.82) is 5.41 Å². The van der Waals surface area contributed by atoms with Crippen LogP contribution in [0.5, 0.6) is 0 Å². The third-order valence-corrected chi connectivity index (χ3v) is 6.28. The van der Waals surface area contributed by atoms with Gasteiger partial charge in [-0.15, -0.1) is 0 Å². The van der Waals surface area contributed by atoms with Crippen LogP contribution in [0.3, 0.4) is 0 Å². The fraction of sp³-hybridized carbons (Fsp3) is 0.250. The lowest BCUT2D eigenvalue weighted by atomic mass is 10.00. The van der Waals surface area contributed by atoms with E-state index in [-0.39, 0.29) is 17.4 Å². The second kappa shape index (κ2) is 8.39. The van der Waals surface area contributed by atoms with Crippen molar-refractivity contribution in [2.75, 3.05) is 22.9 Å². The summed E-state index contributed by atoms with van der Waals surface area (Å²) in [5, 5.41) is 18.7. The van der Waals surface area contributed by atoms with E-state index in [4.69, 9.17) is 11.1 Å². The molecule has 2 bridgehead atoms. The number of anilines is 3. The number of nitrogens with one attached hydrogen (secondary N) is 4. The Hall–Kier alpha value is -3.78. The average molecular weight is 428 g/mol. The van der Waals surface area contributed by atoms with Gasteiger partial charge in [0.05, 0.1) is 11.3 Å². The largest absolute Gasteiger partial charge is 0.383 e. The highest BCUT2D eigenvalue weighted by Crippen LogP contribution is 2.34. The lowest BCUT2D eigenvalue weighted by Gasteiger charge is -2.25. The minimum atomic E-state index is -0.205. The molecule has 2 aliphatic rings. The minimum Gasteiger partial charge on any atom is -0.383 e. The van der Waals surface area contributed by atoms with Gasteiger partial charge in [0.2, 0.25) is 0 Å². The Kier molecular flexibility index (Phi) is 5.28. The molecule has 5 rings (SSSR count). The smallest absolute Gasteiger partial charge is 0.255 e.